The predicted octanol–water partition coefficient (Wildman–Crippen LogP) is 2.78. The summed E-state index contributed by atoms with van der Waals surface area (Å²) in [4.78, 5) is 0. The predicted molar refractivity (Wildman–Crippen MR) is 72.6 cm³/mol. The molecular formula is C16H18O2. The van der Waals surface area contributed by atoms with Crippen LogP contribution in [0.4, 0.5) is 0 Å². The second-order valence-electron chi connectivity index (χ2n) is 5.28. The highest BCUT2D eigenvalue weighted by Crippen LogP contribution is 2.34. The third-order valence-corrected chi connectivity index (χ3v) is 3.97. The van der Waals surface area contributed by atoms with Crippen molar-refractivity contribution in [2.24, 2.45) is 5.41 Å². The van der Waals surface area contributed by atoms with Gasteiger partial charge in [0, 0.05) is 12.0 Å². The molecule has 1 N–H and O–H groups in total. The van der Waals surface area contributed by atoms with E-state index >= 15 is 0 Å². The number of aliphatic hydroxyl groups excluding tert-OH is 1. The maximum Gasteiger partial charge on any atom is 0.0548 e. The van der Waals surface area contributed by atoms with E-state index in [0.717, 1.165) is 19.4 Å². The lowest BCUT2D eigenvalue weighted by Gasteiger charge is -2.25. The zero-order valence-electron chi connectivity index (χ0n) is 10.4. The van der Waals surface area contributed by atoms with Crippen LogP contribution in [0, 0.1) is 5.41 Å². The van der Waals surface area contributed by atoms with Gasteiger partial charge in [0.05, 0.1) is 13.2 Å². The van der Waals surface area contributed by atoms with Gasteiger partial charge in [-0.1, -0.05) is 42.5 Å². The molecule has 2 aromatic carbocycles. The third-order valence-electron chi connectivity index (χ3n) is 3.97. The molecule has 2 heteroatoms. The van der Waals surface area contributed by atoms with Crippen molar-refractivity contribution < 1.29 is 9.84 Å². The highest BCUT2D eigenvalue weighted by atomic mass is 16.5. The molecule has 0 aliphatic carbocycles. The molecule has 1 aliphatic rings. The van der Waals surface area contributed by atoms with E-state index in [4.69, 9.17) is 4.74 Å². The van der Waals surface area contributed by atoms with Crippen LogP contribution in [-0.4, -0.2) is 24.9 Å². The number of hydrogen-bond donors (Lipinski definition) is 1. The minimum absolute atomic E-state index is 0.0792. The summed E-state index contributed by atoms with van der Waals surface area (Å²) in [6, 6.07) is 14.8. The number of fused-ring (bicyclic) bond motifs is 1. The van der Waals surface area contributed by atoms with Gasteiger partial charge >= 0.3 is 0 Å². The fraction of sp³-hybridized carbons (Fsp3) is 0.375. The van der Waals surface area contributed by atoms with Crippen LogP contribution < -0.4 is 0 Å². The monoisotopic (exact) mass is 242 g/mol. The fourth-order valence-corrected chi connectivity index (χ4v) is 2.82. The van der Waals surface area contributed by atoms with Gasteiger partial charge in [0.15, 0.2) is 0 Å². The number of rotatable bonds is 3. The Balaban J connectivity index is 1.99. The lowest BCUT2D eigenvalue weighted by atomic mass is 9.80. The first kappa shape index (κ1) is 11.7. The van der Waals surface area contributed by atoms with Crippen LogP contribution in [0.1, 0.15) is 12.0 Å². The maximum atomic E-state index is 9.67. The van der Waals surface area contributed by atoms with Gasteiger partial charge in [0.1, 0.15) is 0 Å². The molecule has 0 amide bonds. The molecule has 2 nitrogen and oxygen atoms in total. The topological polar surface area (TPSA) is 29.5 Å². The average molecular weight is 242 g/mol. The Kier molecular flexibility index (Phi) is 3.06. The standard InChI is InChI=1S/C16H18O2/c17-11-16(8-9-18-12-16)10-14-6-3-5-13-4-1-2-7-15(13)14/h1-7,17H,8-12H2. The molecule has 94 valence electrons. The van der Waals surface area contributed by atoms with Crippen LogP contribution in [-0.2, 0) is 11.2 Å². The second kappa shape index (κ2) is 4.71. The summed E-state index contributed by atoms with van der Waals surface area (Å²) in [6.45, 7) is 1.65. The second-order valence-corrected chi connectivity index (χ2v) is 5.28. The van der Waals surface area contributed by atoms with Crippen LogP contribution in [0.15, 0.2) is 42.5 Å². The van der Waals surface area contributed by atoms with E-state index < -0.39 is 0 Å². The summed E-state index contributed by atoms with van der Waals surface area (Å²) >= 11 is 0. The fourth-order valence-electron chi connectivity index (χ4n) is 2.82. The van der Waals surface area contributed by atoms with Gasteiger partial charge in [-0.05, 0) is 29.2 Å². The zero-order chi connectivity index (χ0) is 12.4. The van der Waals surface area contributed by atoms with E-state index in [0.29, 0.717) is 6.61 Å². The molecule has 1 atom stereocenters. The maximum absolute atomic E-state index is 9.67. The highest BCUT2D eigenvalue weighted by molar-refractivity contribution is 5.85. The first-order chi connectivity index (χ1) is 8.83. The minimum atomic E-state index is -0.0792. The van der Waals surface area contributed by atoms with Crippen molar-refractivity contribution in [3.8, 4) is 0 Å². The van der Waals surface area contributed by atoms with Gasteiger partial charge in [-0.3, -0.25) is 0 Å². The van der Waals surface area contributed by atoms with Gasteiger partial charge in [-0.15, -0.1) is 0 Å². The van der Waals surface area contributed by atoms with Crippen LogP contribution in [0.25, 0.3) is 10.8 Å². The summed E-state index contributed by atoms with van der Waals surface area (Å²) in [6.07, 6.45) is 1.84. The van der Waals surface area contributed by atoms with Gasteiger partial charge in [-0.2, -0.15) is 0 Å². The van der Waals surface area contributed by atoms with Crippen LogP contribution in [0.2, 0.25) is 0 Å². The molecule has 2 aromatic rings. The van der Waals surface area contributed by atoms with Crippen molar-refractivity contribution in [3.63, 3.8) is 0 Å². The van der Waals surface area contributed by atoms with Crippen LogP contribution in [0.3, 0.4) is 0 Å². The Morgan fingerprint density at radius 2 is 1.94 bits per heavy atom. The first-order valence-electron chi connectivity index (χ1n) is 6.48. The Bertz CT molecular complexity index is 536. The Morgan fingerprint density at radius 1 is 1.11 bits per heavy atom. The number of benzene rings is 2. The molecule has 1 saturated heterocycles. The first-order valence-corrected chi connectivity index (χ1v) is 6.48. The Morgan fingerprint density at radius 3 is 2.72 bits per heavy atom. The largest absolute Gasteiger partial charge is 0.396 e. The van der Waals surface area contributed by atoms with Gasteiger partial charge in [0.25, 0.3) is 0 Å². The molecule has 0 spiro atoms. The minimum Gasteiger partial charge on any atom is -0.396 e. The molecule has 1 unspecified atom stereocenters. The average Bonchev–Trinajstić information content (AvgIpc) is 2.88. The molecular weight excluding hydrogens is 224 g/mol. The van der Waals surface area contributed by atoms with Crippen molar-refractivity contribution in [2.75, 3.05) is 19.8 Å². The lowest BCUT2D eigenvalue weighted by molar-refractivity contribution is 0.0938. The van der Waals surface area contributed by atoms with Gasteiger partial charge < -0.3 is 9.84 Å². The Labute approximate surface area is 107 Å². The summed E-state index contributed by atoms with van der Waals surface area (Å²) in [7, 11) is 0. The Hall–Kier alpha value is -1.38. The number of aliphatic hydroxyl groups is 1. The summed E-state index contributed by atoms with van der Waals surface area (Å²) < 4.78 is 5.48. The van der Waals surface area contributed by atoms with Gasteiger partial charge in [0.2, 0.25) is 0 Å². The molecule has 1 fully saturated rings. The van der Waals surface area contributed by atoms with Crippen molar-refractivity contribution in [2.45, 2.75) is 12.8 Å². The van der Waals surface area contributed by atoms with E-state index in [1.807, 2.05) is 0 Å². The number of ether oxygens (including phenoxy) is 1. The smallest absolute Gasteiger partial charge is 0.0548 e. The summed E-state index contributed by atoms with van der Waals surface area (Å²) in [5.74, 6) is 0. The molecule has 18 heavy (non-hydrogen) atoms. The van der Waals surface area contributed by atoms with Crippen LogP contribution >= 0.6 is 0 Å². The third kappa shape index (κ3) is 2.02. The SMILES string of the molecule is OCC1(Cc2cccc3ccccc23)CCOC1. The zero-order valence-corrected chi connectivity index (χ0v) is 10.4. The van der Waals surface area contributed by atoms with Gasteiger partial charge in [-0.25, -0.2) is 0 Å². The molecule has 0 aromatic heterocycles. The van der Waals surface area contributed by atoms with Crippen molar-refractivity contribution >= 4 is 10.8 Å². The van der Waals surface area contributed by atoms with E-state index in [1.54, 1.807) is 0 Å². The van der Waals surface area contributed by atoms with Crippen molar-refractivity contribution in [1.29, 1.82) is 0 Å². The van der Waals surface area contributed by atoms with E-state index in [-0.39, 0.29) is 12.0 Å². The highest BCUT2D eigenvalue weighted by Gasteiger charge is 2.34. The quantitative estimate of drug-likeness (QED) is 0.896. The molecule has 0 bridgehead atoms. The molecule has 1 heterocycles. The molecule has 0 radical (unpaired) electrons. The van der Waals surface area contributed by atoms with E-state index in [2.05, 4.69) is 42.5 Å². The molecule has 1 aliphatic heterocycles. The molecule has 0 saturated carbocycles. The van der Waals surface area contributed by atoms with E-state index in [1.165, 1.54) is 16.3 Å². The lowest BCUT2D eigenvalue weighted by Crippen LogP contribution is -2.28. The van der Waals surface area contributed by atoms with E-state index in [9.17, 15) is 5.11 Å². The summed E-state index contributed by atoms with van der Waals surface area (Å²) in [5.41, 5.74) is 1.23. The molecule has 3 rings (SSSR count). The normalized spacial score (nSPS) is 23.6. The van der Waals surface area contributed by atoms with Crippen LogP contribution in [0.5, 0.6) is 0 Å². The van der Waals surface area contributed by atoms with Crippen molar-refractivity contribution in [3.05, 3.63) is 48.0 Å². The number of hydrogen-bond acceptors (Lipinski definition) is 2. The summed E-state index contributed by atoms with van der Waals surface area (Å²) in [5, 5.41) is 12.2. The van der Waals surface area contributed by atoms with Crippen molar-refractivity contribution in [1.82, 2.24) is 0 Å².